The zero-order valence-corrected chi connectivity index (χ0v) is 11.1. The summed E-state index contributed by atoms with van der Waals surface area (Å²) in [7, 11) is 0. The molecule has 0 spiro atoms. The van der Waals surface area contributed by atoms with E-state index in [0.717, 1.165) is 18.9 Å². The highest BCUT2D eigenvalue weighted by Gasteiger charge is 2.07. The molecule has 4 heteroatoms. The van der Waals surface area contributed by atoms with E-state index in [1.165, 1.54) is 16.5 Å². The summed E-state index contributed by atoms with van der Waals surface area (Å²) in [6.45, 7) is 4.44. The minimum Gasteiger partial charge on any atom is -0.340 e. The number of aromatic nitrogens is 3. The van der Waals surface area contributed by atoms with Gasteiger partial charge in [-0.05, 0) is 24.6 Å². The first-order valence-corrected chi connectivity index (χ1v) is 6.60. The van der Waals surface area contributed by atoms with E-state index in [1.807, 2.05) is 12.4 Å². The molecule has 1 aromatic carbocycles. The second-order valence-corrected chi connectivity index (χ2v) is 4.63. The molecule has 0 aliphatic carbocycles. The Balaban J connectivity index is 2.02. The minimum absolute atomic E-state index is 0.574. The largest absolute Gasteiger partial charge is 0.340 e. The van der Waals surface area contributed by atoms with Crippen LogP contribution in [0, 0.1) is 0 Å². The van der Waals surface area contributed by atoms with Gasteiger partial charge < -0.3 is 14.9 Å². The lowest BCUT2D eigenvalue weighted by molar-refractivity contribution is 0.661. The first-order valence-electron chi connectivity index (χ1n) is 6.60. The molecule has 0 bridgehead atoms. The first kappa shape index (κ1) is 12.0. The highest BCUT2D eigenvalue weighted by atomic mass is 15.1. The van der Waals surface area contributed by atoms with E-state index < -0.39 is 0 Å². The van der Waals surface area contributed by atoms with Crippen LogP contribution in [0.2, 0.25) is 0 Å². The van der Waals surface area contributed by atoms with Gasteiger partial charge in [0.15, 0.2) is 0 Å². The Bertz CT molecular complexity index is 693. The Kier molecular flexibility index (Phi) is 3.09. The molecular weight excluding hydrogens is 236 g/mol. The molecule has 19 heavy (non-hydrogen) atoms. The minimum atomic E-state index is 0.574. The average Bonchev–Trinajstić information content (AvgIpc) is 3.06. The standard InChI is InChI=1S/C15H18N4/c1-2-18-9-7-17-15(18)11-19-8-6-13-12(10-16)4-3-5-14(13)19/h3-9H,2,10-11,16H2,1H3. The van der Waals surface area contributed by atoms with E-state index in [-0.39, 0.29) is 0 Å². The van der Waals surface area contributed by atoms with Crippen LogP contribution >= 0.6 is 0 Å². The third-order valence-corrected chi connectivity index (χ3v) is 3.58. The maximum absolute atomic E-state index is 5.78. The van der Waals surface area contributed by atoms with Crippen LogP contribution in [0.4, 0.5) is 0 Å². The van der Waals surface area contributed by atoms with Gasteiger partial charge in [-0.15, -0.1) is 0 Å². The van der Waals surface area contributed by atoms with Gasteiger partial charge in [0.1, 0.15) is 5.82 Å². The van der Waals surface area contributed by atoms with Gasteiger partial charge in [-0.1, -0.05) is 12.1 Å². The number of benzene rings is 1. The van der Waals surface area contributed by atoms with Gasteiger partial charge in [-0.2, -0.15) is 0 Å². The van der Waals surface area contributed by atoms with Gasteiger partial charge in [-0.3, -0.25) is 0 Å². The summed E-state index contributed by atoms with van der Waals surface area (Å²) in [5.41, 5.74) is 8.19. The van der Waals surface area contributed by atoms with Crippen LogP contribution in [0.5, 0.6) is 0 Å². The Labute approximate surface area is 112 Å². The van der Waals surface area contributed by atoms with E-state index in [0.29, 0.717) is 6.54 Å². The van der Waals surface area contributed by atoms with Crippen molar-refractivity contribution in [3.05, 3.63) is 54.2 Å². The van der Waals surface area contributed by atoms with Crippen molar-refractivity contribution in [1.29, 1.82) is 0 Å². The van der Waals surface area contributed by atoms with Crippen molar-refractivity contribution in [2.45, 2.75) is 26.6 Å². The predicted molar refractivity (Wildman–Crippen MR) is 76.8 cm³/mol. The number of rotatable bonds is 4. The van der Waals surface area contributed by atoms with E-state index >= 15 is 0 Å². The van der Waals surface area contributed by atoms with Crippen LogP contribution in [-0.2, 0) is 19.6 Å². The van der Waals surface area contributed by atoms with E-state index in [9.17, 15) is 0 Å². The molecule has 0 atom stereocenters. The molecule has 0 saturated heterocycles. The molecule has 0 radical (unpaired) electrons. The molecule has 4 nitrogen and oxygen atoms in total. The molecule has 0 unspecified atom stereocenters. The van der Waals surface area contributed by atoms with Crippen molar-refractivity contribution in [1.82, 2.24) is 14.1 Å². The van der Waals surface area contributed by atoms with Crippen molar-refractivity contribution in [2.75, 3.05) is 0 Å². The zero-order valence-electron chi connectivity index (χ0n) is 11.1. The van der Waals surface area contributed by atoms with Crippen molar-refractivity contribution in [2.24, 2.45) is 5.73 Å². The van der Waals surface area contributed by atoms with Crippen LogP contribution in [-0.4, -0.2) is 14.1 Å². The van der Waals surface area contributed by atoms with Gasteiger partial charge in [0.2, 0.25) is 0 Å². The molecule has 0 aliphatic rings. The van der Waals surface area contributed by atoms with Crippen LogP contribution in [0.1, 0.15) is 18.3 Å². The topological polar surface area (TPSA) is 48.8 Å². The normalized spacial score (nSPS) is 11.3. The molecule has 3 aromatic rings. The van der Waals surface area contributed by atoms with Crippen molar-refractivity contribution in [3.63, 3.8) is 0 Å². The van der Waals surface area contributed by atoms with Crippen LogP contribution in [0.15, 0.2) is 42.9 Å². The number of hydrogen-bond donors (Lipinski definition) is 1. The van der Waals surface area contributed by atoms with Gasteiger partial charge in [0, 0.05) is 42.6 Å². The Morgan fingerprint density at radius 2 is 2.05 bits per heavy atom. The Hall–Kier alpha value is -2.07. The maximum atomic E-state index is 5.78. The fourth-order valence-electron chi connectivity index (χ4n) is 2.54. The van der Waals surface area contributed by atoms with Gasteiger partial charge in [0.05, 0.1) is 6.54 Å². The van der Waals surface area contributed by atoms with Crippen LogP contribution in [0.3, 0.4) is 0 Å². The molecule has 2 heterocycles. The lowest BCUT2D eigenvalue weighted by Gasteiger charge is -2.08. The molecular formula is C15H18N4. The monoisotopic (exact) mass is 254 g/mol. The quantitative estimate of drug-likeness (QED) is 0.777. The third kappa shape index (κ3) is 2.04. The number of nitrogens with zero attached hydrogens (tertiary/aromatic N) is 3. The summed E-state index contributed by atoms with van der Waals surface area (Å²) >= 11 is 0. The summed E-state index contributed by atoms with van der Waals surface area (Å²) < 4.78 is 4.39. The van der Waals surface area contributed by atoms with Crippen molar-refractivity contribution in [3.8, 4) is 0 Å². The molecule has 2 N–H and O–H groups in total. The molecule has 0 saturated carbocycles. The first-order chi connectivity index (χ1) is 9.33. The Morgan fingerprint density at radius 1 is 1.16 bits per heavy atom. The predicted octanol–water partition coefficient (Wildman–Crippen LogP) is 2.36. The van der Waals surface area contributed by atoms with Crippen LogP contribution < -0.4 is 5.73 Å². The lowest BCUT2D eigenvalue weighted by Crippen LogP contribution is -2.06. The fraction of sp³-hybridized carbons (Fsp3) is 0.267. The zero-order chi connectivity index (χ0) is 13.2. The molecule has 0 fully saturated rings. The number of fused-ring (bicyclic) bond motifs is 1. The fourth-order valence-corrected chi connectivity index (χ4v) is 2.54. The van der Waals surface area contributed by atoms with E-state index in [4.69, 9.17) is 5.73 Å². The summed E-state index contributed by atoms with van der Waals surface area (Å²) in [6.07, 6.45) is 5.99. The summed E-state index contributed by atoms with van der Waals surface area (Å²) in [5.74, 6) is 1.08. The Morgan fingerprint density at radius 3 is 2.84 bits per heavy atom. The summed E-state index contributed by atoms with van der Waals surface area (Å²) in [5, 5.41) is 1.24. The summed E-state index contributed by atoms with van der Waals surface area (Å²) in [6, 6.07) is 8.41. The molecule has 2 aromatic heterocycles. The second-order valence-electron chi connectivity index (χ2n) is 4.63. The summed E-state index contributed by atoms with van der Waals surface area (Å²) in [4.78, 5) is 4.43. The van der Waals surface area contributed by atoms with Crippen molar-refractivity contribution >= 4 is 10.9 Å². The lowest BCUT2D eigenvalue weighted by atomic mass is 10.1. The van der Waals surface area contributed by atoms with Gasteiger partial charge >= 0.3 is 0 Å². The van der Waals surface area contributed by atoms with Gasteiger partial charge in [0.25, 0.3) is 0 Å². The maximum Gasteiger partial charge on any atom is 0.128 e. The molecule has 3 rings (SSSR count). The SMILES string of the molecule is CCn1ccnc1Cn1ccc2c(CN)cccc21. The second kappa shape index (κ2) is 4.90. The number of nitrogens with two attached hydrogens (primary N) is 1. The van der Waals surface area contributed by atoms with Crippen LogP contribution in [0.25, 0.3) is 10.9 Å². The number of hydrogen-bond acceptors (Lipinski definition) is 2. The van der Waals surface area contributed by atoms with E-state index in [1.54, 1.807) is 0 Å². The average molecular weight is 254 g/mol. The third-order valence-electron chi connectivity index (χ3n) is 3.58. The highest BCUT2D eigenvalue weighted by molar-refractivity contribution is 5.83. The smallest absolute Gasteiger partial charge is 0.128 e. The molecule has 98 valence electrons. The molecule has 0 aliphatic heterocycles. The molecule has 0 amide bonds. The van der Waals surface area contributed by atoms with E-state index in [2.05, 4.69) is 51.5 Å². The van der Waals surface area contributed by atoms with Gasteiger partial charge in [-0.25, -0.2) is 4.98 Å². The van der Waals surface area contributed by atoms with Crippen molar-refractivity contribution < 1.29 is 0 Å². The number of aryl methyl sites for hydroxylation is 1. The number of imidazole rings is 1. The highest BCUT2D eigenvalue weighted by Crippen LogP contribution is 2.20.